The molecule has 1 heterocycles. The molecule has 9 heteroatoms. The third kappa shape index (κ3) is 6.86. The van der Waals surface area contributed by atoms with Crippen molar-refractivity contribution in [3.05, 3.63) is 87.6 Å². The Morgan fingerprint density at radius 2 is 1.98 bits per heavy atom. The average Bonchev–Trinajstić information content (AvgIpc) is 3.72. The number of ether oxygens (including phenoxy) is 1. The highest BCUT2D eigenvalue weighted by Crippen LogP contribution is 2.47. The van der Waals surface area contributed by atoms with Gasteiger partial charge in [0.05, 0.1) is 18.9 Å². The molecule has 2 atom stereocenters. The van der Waals surface area contributed by atoms with Crippen molar-refractivity contribution in [1.29, 1.82) is 5.26 Å². The Hall–Kier alpha value is -3.77. The van der Waals surface area contributed by atoms with E-state index in [4.69, 9.17) is 4.74 Å². The molecule has 1 N–H and O–H groups in total. The molecule has 40 heavy (non-hydrogen) atoms. The predicted octanol–water partition coefficient (Wildman–Crippen LogP) is 7.05. The van der Waals surface area contributed by atoms with Crippen molar-refractivity contribution in [2.75, 3.05) is 7.11 Å². The number of amides is 1. The normalized spacial score (nSPS) is 16.7. The fraction of sp³-hybridized carbons (Fsp3) is 0.355. The molecule has 1 saturated carbocycles. The highest BCUT2D eigenvalue weighted by Gasteiger charge is 2.44. The van der Waals surface area contributed by atoms with Crippen molar-refractivity contribution in [3.63, 3.8) is 0 Å². The van der Waals surface area contributed by atoms with E-state index < -0.39 is 6.43 Å². The van der Waals surface area contributed by atoms with Crippen LogP contribution in [0.4, 0.5) is 8.78 Å². The zero-order chi connectivity index (χ0) is 29.0. The van der Waals surface area contributed by atoms with Crippen LogP contribution in [-0.4, -0.2) is 24.2 Å². The first-order valence-electron chi connectivity index (χ1n) is 12.9. The topological polar surface area (TPSA) is 87.4 Å². The molecule has 208 valence electrons. The van der Waals surface area contributed by atoms with Gasteiger partial charge in [-0.3, -0.25) is 4.79 Å². The second-order valence-electron chi connectivity index (χ2n) is 10.9. The minimum absolute atomic E-state index is 0.0858. The molecule has 1 aromatic heterocycles. The van der Waals surface area contributed by atoms with Gasteiger partial charge >= 0.3 is 0 Å². The van der Waals surface area contributed by atoms with Crippen LogP contribution >= 0.6 is 11.8 Å². The number of nitrogens with zero attached hydrogens (tertiary/aromatic N) is 3. The summed E-state index contributed by atoms with van der Waals surface area (Å²) < 4.78 is 32.0. The van der Waals surface area contributed by atoms with Crippen LogP contribution in [0.2, 0.25) is 0 Å². The lowest BCUT2D eigenvalue weighted by Crippen LogP contribution is -2.20. The summed E-state index contributed by atoms with van der Waals surface area (Å²) in [5, 5.41) is 13.9. The van der Waals surface area contributed by atoms with Gasteiger partial charge in [0.25, 0.3) is 6.43 Å². The Morgan fingerprint density at radius 3 is 2.60 bits per heavy atom. The monoisotopic (exact) mass is 562 g/mol. The van der Waals surface area contributed by atoms with Crippen LogP contribution in [0.3, 0.4) is 0 Å². The summed E-state index contributed by atoms with van der Waals surface area (Å²) in [6.45, 7) is 8.15. The third-order valence-electron chi connectivity index (χ3n) is 6.93. The first kappa shape index (κ1) is 29.2. The summed E-state index contributed by atoms with van der Waals surface area (Å²) >= 11 is 1.19. The summed E-state index contributed by atoms with van der Waals surface area (Å²) in [5.41, 5.74) is 7.04. The fourth-order valence-corrected chi connectivity index (χ4v) is 5.53. The van der Waals surface area contributed by atoms with Crippen LogP contribution in [-0.2, 0) is 16.0 Å². The third-order valence-corrected chi connectivity index (χ3v) is 7.95. The molecule has 0 unspecified atom stereocenters. The Labute approximate surface area is 237 Å². The number of aromatic nitrogens is 1. The quantitative estimate of drug-likeness (QED) is 0.172. The lowest BCUT2D eigenvalue weighted by Gasteiger charge is -2.19. The highest BCUT2D eigenvalue weighted by molar-refractivity contribution is 7.98. The van der Waals surface area contributed by atoms with E-state index in [-0.39, 0.29) is 39.4 Å². The van der Waals surface area contributed by atoms with Gasteiger partial charge in [-0.1, -0.05) is 45.0 Å². The average molecular weight is 563 g/mol. The summed E-state index contributed by atoms with van der Waals surface area (Å²) in [7, 11) is 1.54. The molecule has 1 aliphatic carbocycles. The molecule has 6 nitrogen and oxygen atoms in total. The summed E-state index contributed by atoms with van der Waals surface area (Å²) in [6.07, 6.45) is -0.373. The second kappa shape index (κ2) is 12.2. The van der Waals surface area contributed by atoms with Crippen LogP contribution in [0.25, 0.3) is 0 Å². The van der Waals surface area contributed by atoms with Crippen LogP contribution in [0.5, 0.6) is 5.75 Å². The molecule has 0 bridgehead atoms. The maximum absolute atomic E-state index is 13.3. The molecule has 0 saturated heterocycles. The first-order chi connectivity index (χ1) is 19.0. The van der Waals surface area contributed by atoms with Crippen LogP contribution in [0, 0.1) is 24.2 Å². The van der Waals surface area contributed by atoms with Crippen molar-refractivity contribution in [2.24, 2.45) is 11.0 Å². The van der Waals surface area contributed by atoms with Gasteiger partial charge in [-0.25, -0.2) is 19.2 Å². The minimum atomic E-state index is -2.73. The number of nitriles is 1. The number of hydrazone groups is 1. The Morgan fingerprint density at radius 1 is 1.25 bits per heavy atom. The molecule has 2 aromatic carbocycles. The maximum Gasteiger partial charge on any atom is 0.280 e. The van der Waals surface area contributed by atoms with Crippen molar-refractivity contribution >= 4 is 23.9 Å². The van der Waals surface area contributed by atoms with Gasteiger partial charge in [-0.2, -0.15) is 10.4 Å². The molecule has 4 rings (SSSR count). The van der Waals surface area contributed by atoms with Crippen LogP contribution in [0.15, 0.2) is 58.7 Å². The highest BCUT2D eigenvalue weighted by atomic mass is 32.2. The number of rotatable bonds is 9. The Balaban J connectivity index is 1.39. The van der Waals surface area contributed by atoms with E-state index >= 15 is 0 Å². The number of thioether (sulfide) groups is 1. The molecule has 0 aliphatic heterocycles. The van der Waals surface area contributed by atoms with Crippen LogP contribution in [0.1, 0.15) is 78.6 Å². The zero-order valence-corrected chi connectivity index (χ0v) is 24.0. The predicted molar refractivity (Wildman–Crippen MR) is 153 cm³/mol. The smallest absolute Gasteiger partial charge is 0.280 e. The van der Waals surface area contributed by atoms with Crippen molar-refractivity contribution < 1.29 is 18.3 Å². The molecule has 1 fully saturated rings. The molecule has 0 radical (unpaired) electrons. The van der Waals surface area contributed by atoms with Crippen molar-refractivity contribution in [1.82, 2.24) is 10.4 Å². The zero-order valence-electron chi connectivity index (χ0n) is 23.2. The number of carbonyl (C=O) groups excluding carboxylic acids is 1. The number of pyridine rings is 1. The van der Waals surface area contributed by atoms with Gasteiger partial charge < -0.3 is 4.74 Å². The number of carbonyl (C=O) groups is 1. The number of alkyl halides is 2. The lowest BCUT2D eigenvalue weighted by molar-refractivity contribution is -0.122. The summed E-state index contributed by atoms with van der Waals surface area (Å²) in [6, 6.07) is 17.2. The number of aryl methyl sites for hydroxylation is 1. The van der Waals surface area contributed by atoms with Gasteiger partial charge in [-0.15, -0.1) is 11.8 Å². The van der Waals surface area contributed by atoms with Gasteiger partial charge in [0.1, 0.15) is 22.5 Å². The number of hydrogen-bond acceptors (Lipinski definition) is 6. The summed E-state index contributed by atoms with van der Waals surface area (Å²) in [5.74, 6) is 0.924. The van der Waals surface area contributed by atoms with E-state index in [1.807, 2.05) is 6.07 Å². The summed E-state index contributed by atoms with van der Waals surface area (Å²) in [4.78, 5) is 16.7. The lowest BCUT2D eigenvalue weighted by atomic mass is 9.86. The number of nitrogens with one attached hydrogen (secondary N) is 1. The van der Waals surface area contributed by atoms with E-state index in [2.05, 4.69) is 66.6 Å². The number of halogens is 2. The van der Waals surface area contributed by atoms with E-state index in [0.717, 1.165) is 23.1 Å². The second-order valence-corrected chi connectivity index (χ2v) is 11.8. The Kier molecular flexibility index (Phi) is 8.89. The molecule has 1 amide bonds. The van der Waals surface area contributed by atoms with E-state index in [0.29, 0.717) is 17.1 Å². The van der Waals surface area contributed by atoms with Gasteiger partial charge in [0.2, 0.25) is 5.91 Å². The number of hydrogen-bond donors (Lipinski definition) is 1. The van der Waals surface area contributed by atoms with E-state index in [1.54, 1.807) is 32.4 Å². The van der Waals surface area contributed by atoms with Crippen LogP contribution < -0.4 is 10.2 Å². The molecule has 3 aromatic rings. The van der Waals surface area contributed by atoms with Gasteiger partial charge in [-0.05, 0) is 71.2 Å². The Bertz CT molecular complexity index is 1460. The maximum atomic E-state index is 13.3. The molecular formula is C31H32F2N4O2S. The standard InChI is InChI=1S/C31H32F2N4O2S/c1-18-12-26(28(32)33)36-30(25(18)15-34)40-17-21-13-19(6-11-27(21)39-5)16-35-37-29(38)24-14-23(24)20-7-9-22(10-8-20)31(2,3)4/h6-13,16,23-24,28H,14,17H2,1-5H3,(H,37,38)/b35-16+/t23-,24-/m0/s1. The van der Waals surface area contributed by atoms with Crippen molar-refractivity contribution in [3.8, 4) is 11.8 Å². The molecular weight excluding hydrogens is 530 g/mol. The SMILES string of the molecule is COc1ccc(/C=N/NC(=O)[C@H]2C[C@H]2c2ccc(C(C)(C)C)cc2)cc1CSc1nc(C(F)F)cc(C)c1C#N. The number of methoxy groups -OCH3 is 1. The van der Waals surface area contributed by atoms with E-state index in [1.165, 1.54) is 23.4 Å². The van der Waals surface area contributed by atoms with E-state index in [9.17, 15) is 18.8 Å². The number of benzene rings is 2. The molecule has 1 aliphatic rings. The first-order valence-corrected chi connectivity index (χ1v) is 13.9. The van der Waals surface area contributed by atoms with Gasteiger partial charge in [0.15, 0.2) is 0 Å². The largest absolute Gasteiger partial charge is 0.496 e. The molecule has 0 spiro atoms. The van der Waals surface area contributed by atoms with Gasteiger partial charge in [0, 0.05) is 17.2 Å². The fourth-order valence-electron chi connectivity index (χ4n) is 4.49. The minimum Gasteiger partial charge on any atom is -0.496 e. The van der Waals surface area contributed by atoms with Crippen molar-refractivity contribution in [2.45, 2.75) is 62.7 Å².